The molecule has 0 saturated carbocycles. The van der Waals surface area contributed by atoms with Crippen LogP contribution in [0.25, 0.3) is 0 Å². The minimum absolute atomic E-state index is 0.204. The van der Waals surface area contributed by atoms with Crippen molar-refractivity contribution in [3.8, 4) is 0 Å². The highest BCUT2D eigenvalue weighted by molar-refractivity contribution is 5.00. The van der Waals surface area contributed by atoms with Crippen LogP contribution in [-0.2, 0) is 22.6 Å². The second kappa shape index (κ2) is 4.30. The lowest BCUT2D eigenvalue weighted by molar-refractivity contribution is -0.0299. The summed E-state index contributed by atoms with van der Waals surface area (Å²) >= 11 is 0. The summed E-state index contributed by atoms with van der Waals surface area (Å²) in [6.45, 7) is 2.67. The van der Waals surface area contributed by atoms with Crippen LogP contribution < -0.4 is 5.73 Å². The predicted octanol–water partition coefficient (Wildman–Crippen LogP) is 0.147. The Morgan fingerprint density at radius 3 is 3.20 bits per heavy atom. The Hall–Kier alpha value is -0.910. The van der Waals surface area contributed by atoms with Gasteiger partial charge in [-0.25, -0.2) is 4.98 Å². The molecule has 0 aliphatic carbocycles. The molecular weight excluding hydrogens is 194 g/mol. The average molecular weight is 211 g/mol. The summed E-state index contributed by atoms with van der Waals surface area (Å²) in [5.41, 5.74) is 6.44. The van der Waals surface area contributed by atoms with Crippen LogP contribution in [0.1, 0.15) is 12.1 Å². The van der Waals surface area contributed by atoms with Crippen LogP contribution in [0.2, 0.25) is 0 Å². The molecule has 1 aliphatic rings. The van der Waals surface area contributed by atoms with Crippen molar-refractivity contribution in [2.75, 3.05) is 20.3 Å². The molecule has 0 amide bonds. The zero-order valence-electron chi connectivity index (χ0n) is 8.98. The highest BCUT2D eigenvalue weighted by atomic mass is 16.5. The maximum atomic E-state index is 5.62. The van der Waals surface area contributed by atoms with Gasteiger partial charge in [-0.05, 0) is 0 Å². The van der Waals surface area contributed by atoms with Gasteiger partial charge in [-0.3, -0.25) is 0 Å². The lowest BCUT2D eigenvalue weighted by Crippen LogP contribution is -2.37. The number of hydrogen-bond acceptors (Lipinski definition) is 4. The maximum Gasteiger partial charge on any atom is 0.111 e. The minimum Gasteiger partial charge on any atom is -0.378 e. The normalized spacial score (nSPS) is 26.0. The van der Waals surface area contributed by atoms with Gasteiger partial charge in [0.2, 0.25) is 0 Å². The topological polar surface area (TPSA) is 62.3 Å². The number of hydrogen-bond donors (Lipinski definition) is 1. The van der Waals surface area contributed by atoms with E-state index in [-0.39, 0.29) is 5.60 Å². The average Bonchev–Trinajstić information content (AvgIpc) is 2.88. The molecule has 2 N–H and O–H groups in total. The van der Waals surface area contributed by atoms with Crippen LogP contribution in [0.4, 0.5) is 0 Å². The Morgan fingerprint density at radius 2 is 2.60 bits per heavy atom. The van der Waals surface area contributed by atoms with Crippen molar-refractivity contribution in [2.24, 2.45) is 5.73 Å². The molecule has 0 aromatic carbocycles. The Balaban J connectivity index is 2.12. The first-order valence-electron chi connectivity index (χ1n) is 5.12. The van der Waals surface area contributed by atoms with Crippen molar-refractivity contribution in [3.63, 3.8) is 0 Å². The number of nitrogens with zero attached hydrogens (tertiary/aromatic N) is 2. The van der Waals surface area contributed by atoms with E-state index in [1.165, 1.54) is 0 Å². The third-order valence-corrected chi connectivity index (χ3v) is 2.97. The van der Waals surface area contributed by atoms with Gasteiger partial charge in [-0.2, -0.15) is 0 Å². The van der Waals surface area contributed by atoms with Crippen molar-refractivity contribution >= 4 is 0 Å². The zero-order chi connectivity index (χ0) is 10.7. The van der Waals surface area contributed by atoms with E-state index in [1.54, 1.807) is 19.6 Å². The summed E-state index contributed by atoms with van der Waals surface area (Å²) < 4.78 is 13.0. The zero-order valence-corrected chi connectivity index (χ0v) is 8.98. The van der Waals surface area contributed by atoms with Gasteiger partial charge in [-0.15, -0.1) is 0 Å². The molecule has 2 rings (SSSR count). The van der Waals surface area contributed by atoms with Crippen LogP contribution in [0.15, 0.2) is 12.5 Å². The van der Waals surface area contributed by atoms with E-state index in [1.807, 2.05) is 4.57 Å². The summed E-state index contributed by atoms with van der Waals surface area (Å²) in [4.78, 5) is 4.09. The molecule has 1 aromatic heterocycles. The molecule has 1 atom stereocenters. The number of rotatable bonds is 4. The smallest absolute Gasteiger partial charge is 0.111 e. The molecule has 2 heterocycles. The van der Waals surface area contributed by atoms with E-state index in [9.17, 15) is 0 Å². The molecule has 5 nitrogen and oxygen atoms in total. The van der Waals surface area contributed by atoms with Gasteiger partial charge >= 0.3 is 0 Å². The van der Waals surface area contributed by atoms with E-state index in [0.29, 0.717) is 13.2 Å². The monoisotopic (exact) mass is 211 g/mol. The van der Waals surface area contributed by atoms with Gasteiger partial charge in [-0.1, -0.05) is 0 Å². The number of methoxy groups -OCH3 is 1. The van der Waals surface area contributed by atoms with Gasteiger partial charge in [0.05, 0.1) is 25.2 Å². The molecule has 15 heavy (non-hydrogen) atoms. The van der Waals surface area contributed by atoms with Crippen LogP contribution in [-0.4, -0.2) is 35.5 Å². The van der Waals surface area contributed by atoms with Crippen LogP contribution in [0.3, 0.4) is 0 Å². The van der Waals surface area contributed by atoms with E-state index in [0.717, 1.165) is 25.3 Å². The molecule has 1 aliphatic heterocycles. The maximum absolute atomic E-state index is 5.62. The van der Waals surface area contributed by atoms with Crippen molar-refractivity contribution in [1.29, 1.82) is 0 Å². The van der Waals surface area contributed by atoms with E-state index < -0.39 is 0 Å². The van der Waals surface area contributed by atoms with Crippen molar-refractivity contribution in [2.45, 2.75) is 25.1 Å². The Bertz CT molecular complexity index is 318. The second-order valence-electron chi connectivity index (χ2n) is 3.91. The van der Waals surface area contributed by atoms with Crippen LogP contribution in [0, 0.1) is 0 Å². The minimum atomic E-state index is -0.204. The number of imidazole rings is 1. The lowest BCUT2D eigenvalue weighted by Gasteiger charge is -2.26. The summed E-state index contributed by atoms with van der Waals surface area (Å²) in [7, 11) is 1.73. The third kappa shape index (κ3) is 2.04. The Morgan fingerprint density at radius 1 is 1.73 bits per heavy atom. The predicted molar refractivity (Wildman–Crippen MR) is 55.3 cm³/mol. The fourth-order valence-electron chi connectivity index (χ4n) is 1.91. The largest absolute Gasteiger partial charge is 0.378 e. The van der Waals surface area contributed by atoms with Gasteiger partial charge < -0.3 is 19.8 Å². The standard InChI is InChI=1S/C10H17N3O2/c1-14-10(2-3-15-7-10)6-13-8-12-5-9(13)4-11/h5,8H,2-4,6-7,11H2,1H3. The Labute approximate surface area is 89.2 Å². The first kappa shape index (κ1) is 10.6. The molecular formula is C10H17N3O2. The highest BCUT2D eigenvalue weighted by Gasteiger charge is 2.35. The Kier molecular flexibility index (Phi) is 3.04. The number of ether oxygens (including phenoxy) is 2. The van der Waals surface area contributed by atoms with E-state index >= 15 is 0 Å². The summed E-state index contributed by atoms with van der Waals surface area (Å²) in [6.07, 6.45) is 4.51. The lowest BCUT2D eigenvalue weighted by atomic mass is 10.0. The van der Waals surface area contributed by atoms with Crippen molar-refractivity contribution in [1.82, 2.24) is 9.55 Å². The number of aromatic nitrogens is 2. The molecule has 0 bridgehead atoms. The van der Waals surface area contributed by atoms with Crippen molar-refractivity contribution in [3.05, 3.63) is 18.2 Å². The number of nitrogens with two attached hydrogens (primary N) is 1. The quantitative estimate of drug-likeness (QED) is 0.770. The molecule has 0 radical (unpaired) electrons. The first-order chi connectivity index (χ1) is 7.29. The van der Waals surface area contributed by atoms with Crippen molar-refractivity contribution < 1.29 is 9.47 Å². The van der Waals surface area contributed by atoms with Gasteiger partial charge in [0.25, 0.3) is 0 Å². The second-order valence-corrected chi connectivity index (χ2v) is 3.91. The summed E-state index contributed by atoms with van der Waals surface area (Å²) in [5.74, 6) is 0. The molecule has 1 unspecified atom stereocenters. The molecule has 0 spiro atoms. The molecule has 5 heteroatoms. The van der Waals surface area contributed by atoms with Gasteiger partial charge in [0.15, 0.2) is 0 Å². The molecule has 1 saturated heterocycles. The van der Waals surface area contributed by atoms with Gasteiger partial charge in [0, 0.05) is 32.9 Å². The highest BCUT2D eigenvalue weighted by Crippen LogP contribution is 2.25. The fourth-order valence-corrected chi connectivity index (χ4v) is 1.91. The van der Waals surface area contributed by atoms with E-state index in [4.69, 9.17) is 15.2 Å². The summed E-state index contributed by atoms with van der Waals surface area (Å²) in [6, 6.07) is 0. The third-order valence-electron chi connectivity index (χ3n) is 2.97. The first-order valence-corrected chi connectivity index (χ1v) is 5.12. The van der Waals surface area contributed by atoms with Crippen LogP contribution >= 0.6 is 0 Å². The summed E-state index contributed by atoms with van der Waals surface area (Å²) in [5, 5.41) is 0. The molecule has 1 fully saturated rings. The molecule has 1 aromatic rings. The van der Waals surface area contributed by atoms with Gasteiger partial charge in [0.1, 0.15) is 5.60 Å². The van der Waals surface area contributed by atoms with E-state index in [2.05, 4.69) is 4.98 Å². The SMILES string of the molecule is COC1(Cn2cncc2CN)CCOC1. The fraction of sp³-hybridized carbons (Fsp3) is 0.700. The van der Waals surface area contributed by atoms with Crippen LogP contribution in [0.5, 0.6) is 0 Å². The molecule has 84 valence electrons.